The van der Waals surface area contributed by atoms with Crippen molar-refractivity contribution in [2.24, 2.45) is 0 Å². The smallest absolute Gasteiger partial charge is 0.263 e. The first-order valence-electron chi connectivity index (χ1n) is 8.55. The van der Waals surface area contributed by atoms with Gasteiger partial charge in [-0.25, -0.2) is 8.42 Å². The minimum atomic E-state index is -3.72. The van der Waals surface area contributed by atoms with Crippen molar-refractivity contribution in [1.82, 2.24) is 9.78 Å². The Labute approximate surface area is 165 Å². The number of benzene rings is 2. The molecule has 1 N–H and O–H groups in total. The van der Waals surface area contributed by atoms with Crippen LogP contribution in [0.3, 0.4) is 0 Å². The molecule has 0 spiro atoms. The molecule has 5 nitrogen and oxygen atoms in total. The van der Waals surface area contributed by atoms with Crippen LogP contribution in [0.1, 0.15) is 27.9 Å². The van der Waals surface area contributed by atoms with E-state index >= 15 is 0 Å². The lowest BCUT2D eigenvalue weighted by molar-refractivity contribution is 0.599. The van der Waals surface area contributed by atoms with Gasteiger partial charge in [0.1, 0.15) is 0 Å². The third-order valence-corrected chi connectivity index (χ3v) is 6.25. The fourth-order valence-electron chi connectivity index (χ4n) is 3.26. The van der Waals surface area contributed by atoms with Crippen molar-refractivity contribution >= 4 is 27.4 Å². The van der Waals surface area contributed by atoms with Crippen LogP contribution in [0.4, 0.5) is 5.82 Å². The van der Waals surface area contributed by atoms with Crippen molar-refractivity contribution in [2.45, 2.75) is 39.1 Å². The van der Waals surface area contributed by atoms with Crippen LogP contribution in [-0.4, -0.2) is 18.2 Å². The minimum Gasteiger partial charge on any atom is -0.263 e. The summed E-state index contributed by atoms with van der Waals surface area (Å²) in [5, 5.41) is 5.08. The first kappa shape index (κ1) is 19.5. The Morgan fingerprint density at radius 1 is 1.00 bits per heavy atom. The average Bonchev–Trinajstić information content (AvgIpc) is 2.86. The van der Waals surface area contributed by atoms with Crippen LogP contribution in [0.5, 0.6) is 0 Å². The van der Waals surface area contributed by atoms with Crippen LogP contribution in [0.2, 0.25) is 5.02 Å². The highest BCUT2D eigenvalue weighted by molar-refractivity contribution is 7.92. The standard InChI is InChI=1S/C20H22ClN3O2S/c1-13-9-14(2)20(15(3)10-13)27(25,26)23-19-11-16(4)24(22-19)12-17-5-7-18(21)8-6-17/h5-11H,12H2,1-4H3,(H,22,23). The summed E-state index contributed by atoms with van der Waals surface area (Å²) in [4.78, 5) is 0.304. The Bertz CT molecular complexity index is 1060. The van der Waals surface area contributed by atoms with Gasteiger partial charge in [-0.1, -0.05) is 41.4 Å². The van der Waals surface area contributed by atoms with Gasteiger partial charge >= 0.3 is 0 Å². The van der Waals surface area contributed by atoms with Gasteiger partial charge in [0.2, 0.25) is 0 Å². The van der Waals surface area contributed by atoms with Crippen LogP contribution in [-0.2, 0) is 16.6 Å². The van der Waals surface area contributed by atoms with Crippen LogP contribution in [0.25, 0.3) is 0 Å². The molecule has 0 unspecified atom stereocenters. The molecule has 3 aromatic rings. The molecule has 0 bridgehead atoms. The topological polar surface area (TPSA) is 64.0 Å². The number of aryl methyl sites for hydroxylation is 4. The Morgan fingerprint density at radius 3 is 2.19 bits per heavy atom. The second kappa shape index (κ2) is 7.37. The Hall–Kier alpha value is -2.31. The number of nitrogens with zero attached hydrogens (tertiary/aromatic N) is 2. The van der Waals surface area contributed by atoms with E-state index < -0.39 is 10.0 Å². The van der Waals surface area contributed by atoms with Crippen molar-refractivity contribution in [3.8, 4) is 0 Å². The molecule has 27 heavy (non-hydrogen) atoms. The average molecular weight is 404 g/mol. The van der Waals surface area contributed by atoms with Crippen molar-refractivity contribution in [1.29, 1.82) is 0 Å². The second-order valence-electron chi connectivity index (χ2n) is 6.79. The predicted molar refractivity (Wildman–Crippen MR) is 109 cm³/mol. The summed E-state index contributed by atoms with van der Waals surface area (Å²) < 4.78 is 30.2. The third-order valence-electron chi connectivity index (χ3n) is 4.34. The quantitative estimate of drug-likeness (QED) is 0.676. The number of nitrogens with one attached hydrogen (secondary N) is 1. The molecule has 0 aliphatic heterocycles. The van der Waals surface area contributed by atoms with Gasteiger partial charge in [-0.3, -0.25) is 9.40 Å². The molecular formula is C20H22ClN3O2S. The molecule has 0 atom stereocenters. The van der Waals surface area contributed by atoms with Gasteiger partial charge in [0.15, 0.2) is 5.82 Å². The zero-order valence-corrected chi connectivity index (χ0v) is 17.3. The normalized spacial score (nSPS) is 11.6. The number of halogens is 1. The van der Waals surface area contributed by atoms with E-state index in [-0.39, 0.29) is 0 Å². The van der Waals surface area contributed by atoms with Gasteiger partial charge in [-0.05, 0) is 56.5 Å². The summed E-state index contributed by atoms with van der Waals surface area (Å²) >= 11 is 5.92. The van der Waals surface area contributed by atoms with Gasteiger partial charge < -0.3 is 0 Å². The highest BCUT2D eigenvalue weighted by atomic mass is 35.5. The zero-order valence-electron chi connectivity index (χ0n) is 15.7. The number of hydrogen-bond donors (Lipinski definition) is 1. The Balaban J connectivity index is 1.87. The van der Waals surface area contributed by atoms with Gasteiger partial charge in [0, 0.05) is 16.8 Å². The highest BCUT2D eigenvalue weighted by Gasteiger charge is 2.21. The lowest BCUT2D eigenvalue weighted by Crippen LogP contribution is -2.16. The molecule has 7 heteroatoms. The van der Waals surface area contributed by atoms with Crippen LogP contribution >= 0.6 is 11.6 Å². The molecule has 142 valence electrons. The number of anilines is 1. The largest absolute Gasteiger partial charge is 0.263 e. The minimum absolute atomic E-state index is 0.304. The Kier molecular flexibility index (Phi) is 5.31. The van der Waals surface area contributed by atoms with Crippen molar-refractivity contribution in [2.75, 3.05) is 4.72 Å². The van der Waals surface area contributed by atoms with E-state index in [1.165, 1.54) is 0 Å². The fourth-order valence-corrected chi connectivity index (χ4v) is 4.83. The van der Waals surface area contributed by atoms with Crippen molar-refractivity contribution in [3.05, 3.63) is 75.4 Å². The Morgan fingerprint density at radius 2 is 1.59 bits per heavy atom. The second-order valence-corrected chi connectivity index (χ2v) is 8.84. The fraction of sp³-hybridized carbons (Fsp3) is 0.250. The van der Waals surface area contributed by atoms with Crippen LogP contribution in [0.15, 0.2) is 47.4 Å². The highest BCUT2D eigenvalue weighted by Crippen LogP contribution is 2.24. The molecule has 1 aromatic heterocycles. The van der Waals surface area contributed by atoms with E-state index in [4.69, 9.17) is 11.6 Å². The summed E-state index contributed by atoms with van der Waals surface area (Å²) in [6.07, 6.45) is 0. The molecule has 0 amide bonds. The van der Waals surface area contributed by atoms with Gasteiger partial charge in [0.25, 0.3) is 10.0 Å². The summed E-state index contributed by atoms with van der Waals surface area (Å²) in [6.45, 7) is 7.99. The monoisotopic (exact) mass is 403 g/mol. The maximum atomic E-state index is 12.9. The predicted octanol–water partition coefficient (Wildman–Crippen LogP) is 4.62. The van der Waals surface area contributed by atoms with Crippen molar-refractivity contribution in [3.63, 3.8) is 0 Å². The molecular weight excluding hydrogens is 382 g/mol. The molecule has 3 rings (SSSR count). The lowest BCUT2D eigenvalue weighted by Gasteiger charge is -2.12. The summed E-state index contributed by atoms with van der Waals surface area (Å²) in [5.41, 5.74) is 4.37. The molecule has 0 radical (unpaired) electrons. The van der Waals surface area contributed by atoms with Gasteiger partial charge in [0.05, 0.1) is 11.4 Å². The van der Waals surface area contributed by atoms with E-state index in [1.807, 2.05) is 50.2 Å². The number of hydrogen-bond acceptors (Lipinski definition) is 3. The van der Waals surface area contributed by atoms with Crippen LogP contribution in [0, 0.1) is 27.7 Å². The zero-order chi connectivity index (χ0) is 19.8. The van der Waals surface area contributed by atoms with E-state index in [2.05, 4.69) is 9.82 Å². The lowest BCUT2D eigenvalue weighted by atomic mass is 10.1. The first-order valence-corrected chi connectivity index (χ1v) is 10.4. The van der Waals surface area contributed by atoms with Gasteiger partial charge in [-0.2, -0.15) is 5.10 Å². The number of rotatable bonds is 5. The van der Waals surface area contributed by atoms with E-state index in [1.54, 1.807) is 24.6 Å². The number of aromatic nitrogens is 2. The molecule has 0 aliphatic carbocycles. The SMILES string of the molecule is Cc1cc(C)c(S(=O)(=O)Nc2cc(C)n(Cc3ccc(Cl)cc3)n2)c(C)c1. The van der Waals surface area contributed by atoms with Crippen LogP contribution < -0.4 is 4.72 Å². The summed E-state index contributed by atoms with van der Waals surface area (Å²) in [7, 11) is -3.72. The maximum Gasteiger partial charge on any atom is 0.263 e. The molecule has 0 fully saturated rings. The van der Waals surface area contributed by atoms with Gasteiger partial charge in [-0.15, -0.1) is 0 Å². The number of sulfonamides is 1. The molecule has 0 saturated heterocycles. The maximum absolute atomic E-state index is 12.9. The molecule has 2 aromatic carbocycles. The van der Waals surface area contributed by atoms with E-state index in [0.29, 0.717) is 22.3 Å². The molecule has 0 aliphatic rings. The van der Waals surface area contributed by atoms with Crippen molar-refractivity contribution < 1.29 is 8.42 Å². The summed E-state index contributed by atoms with van der Waals surface area (Å²) in [5.74, 6) is 0.306. The third kappa shape index (κ3) is 4.34. The van der Waals surface area contributed by atoms with E-state index in [9.17, 15) is 8.42 Å². The first-order chi connectivity index (χ1) is 12.7. The van der Waals surface area contributed by atoms with E-state index in [0.717, 1.165) is 27.9 Å². The summed E-state index contributed by atoms with van der Waals surface area (Å²) in [6, 6.07) is 13.0. The molecule has 1 heterocycles. The molecule has 0 saturated carbocycles.